The number of aryl methyl sites for hydroxylation is 1. The fraction of sp³-hybridized carbons (Fsp3) is 0.375. The minimum absolute atomic E-state index is 0.252. The van der Waals surface area contributed by atoms with Crippen molar-refractivity contribution in [1.29, 1.82) is 0 Å². The van der Waals surface area contributed by atoms with Gasteiger partial charge in [0.1, 0.15) is 5.41 Å². The number of hydrogen-bond donors (Lipinski definition) is 1. The maximum Gasteiger partial charge on any atom is 0.317 e. The first-order chi connectivity index (χ1) is 9.95. The molecule has 0 unspecified atom stereocenters. The van der Waals surface area contributed by atoms with Crippen LogP contribution in [0.25, 0.3) is 0 Å². The second kappa shape index (κ2) is 6.26. The van der Waals surface area contributed by atoms with Gasteiger partial charge in [-0.1, -0.05) is 18.2 Å². The molecule has 0 saturated heterocycles. The van der Waals surface area contributed by atoms with Crippen molar-refractivity contribution in [3.05, 3.63) is 40.9 Å². The highest BCUT2D eigenvalue weighted by atomic mass is 32.1. The summed E-state index contributed by atoms with van der Waals surface area (Å²) in [5.74, 6) is -0.252. The first-order valence-corrected chi connectivity index (χ1v) is 7.79. The second-order valence-corrected chi connectivity index (χ2v) is 6.18. The van der Waals surface area contributed by atoms with Crippen molar-refractivity contribution in [3.8, 4) is 0 Å². The third-order valence-corrected chi connectivity index (χ3v) is 4.07. The maximum absolute atomic E-state index is 12.0. The molecule has 0 fully saturated rings. The first-order valence-electron chi connectivity index (χ1n) is 6.91. The van der Waals surface area contributed by atoms with Gasteiger partial charge in [0, 0.05) is 11.1 Å². The van der Waals surface area contributed by atoms with Gasteiger partial charge in [-0.05, 0) is 39.3 Å². The zero-order valence-corrected chi connectivity index (χ0v) is 13.6. The molecule has 112 valence electrons. The van der Waals surface area contributed by atoms with Crippen LogP contribution < -0.4 is 5.32 Å². The standard InChI is InChI=1S/C16H20N2O2S/c1-5-20-14(19)16(3,4)13-10-21-15(18-13)17-12-9-7-6-8-11(12)2/h6-10H,5H2,1-4H3,(H,17,18). The van der Waals surface area contributed by atoms with E-state index >= 15 is 0 Å². The maximum atomic E-state index is 12.0. The Morgan fingerprint density at radius 2 is 2.10 bits per heavy atom. The van der Waals surface area contributed by atoms with E-state index in [0.29, 0.717) is 6.61 Å². The quantitative estimate of drug-likeness (QED) is 0.847. The van der Waals surface area contributed by atoms with Crippen LogP contribution in [0.1, 0.15) is 32.0 Å². The zero-order chi connectivity index (χ0) is 15.5. The molecule has 2 rings (SSSR count). The van der Waals surface area contributed by atoms with Crippen LogP contribution in [0.2, 0.25) is 0 Å². The molecule has 0 aliphatic rings. The van der Waals surface area contributed by atoms with E-state index < -0.39 is 5.41 Å². The summed E-state index contributed by atoms with van der Waals surface area (Å²) in [5, 5.41) is 5.97. The van der Waals surface area contributed by atoms with Crippen LogP contribution in [0.5, 0.6) is 0 Å². The zero-order valence-electron chi connectivity index (χ0n) is 12.8. The third-order valence-electron chi connectivity index (χ3n) is 3.32. The van der Waals surface area contributed by atoms with Crippen molar-refractivity contribution >= 4 is 28.1 Å². The second-order valence-electron chi connectivity index (χ2n) is 5.32. The Balaban J connectivity index is 2.18. The number of hydrogen-bond acceptors (Lipinski definition) is 5. The molecule has 0 amide bonds. The number of ether oxygens (including phenoxy) is 1. The molecule has 0 atom stereocenters. The predicted molar refractivity (Wildman–Crippen MR) is 86.2 cm³/mol. The van der Waals surface area contributed by atoms with Gasteiger partial charge in [-0.15, -0.1) is 11.3 Å². The van der Waals surface area contributed by atoms with Crippen molar-refractivity contribution in [3.63, 3.8) is 0 Å². The van der Waals surface area contributed by atoms with E-state index in [1.165, 1.54) is 11.3 Å². The summed E-state index contributed by atoms with van der Waals surface area (Å²) in [4.78, 5) is 16.5. The lowest BCUT2D eigenvalue weighted by molar-refractivity contribution is -0.148. The van der Waals surface area contributed by atoms with E-state index in [2.05, 4.69) is 10.3 Å². The van der Waals surface area contributed by atoms with Gasteiger partial charge in [0.25, 0.3) is 0 Å². The number of benzene rings is 1. The molecule has 4 nitrogen and oxygen atoms in total. The summed E-state index contributed by atoms with van der Waals surface area (Å²) in [7, 11) is 0. The molecule has 21 heavy (non-hydrogen) atoms. The molecule has 1 aromatic heterocycles. The molecule has 0 bridgehead atoms. The lowest BCUT2D eigenvalue weighted by atomic mass is 9.90. The predicted octanol–water partition coefficient (Wildman–Crippen LogP) is 4.04. The number of nitrogens with one attached hydrogen (secondary N) is 1. The van der Waals surface area contributed by atoms with Crippen LogP contribution >= 0.6 is 11.3 Å². The molecule has 1 N–H and O–H groups in total. The molecular weight excluding hydrogens is 284 g/mol. The fourth-order valence-corrected chi connectivity index (χ4v) is 2.75. The Morgan fingerprint density at radius 3 is 2.76 bits per heavy atom. The van der Waals surface area contributed by atoms with Crippen LogP contribution in [0, 0.1) is 6.92 Å². The number of para-hydroxylation sites is 1. The topological polar surface area (TPSA) is 51.2 Å². The first kappa shape index (κ1) is 15.5. The van der Waals surface area contributed by atoms with E-state index in [0.717, 1.165) is 22.1 Å². The fourth-order valence-electron chi connectivity index (χ4n) is 1.86. The molecule has 0 aliphatic heterocycles. The Labute approximate surface area is 129 Å². The van der Waals surface area contributed by atoms with E-state index in [1.54, 1.807) is 6.92 Å². The van der Waals surface area contributed by atoms with Gasteiger partial charge in [-0.25, -0.2) is 4.98 Å². The van der Waals surface area contributed by atoms with E-state index in [-0.39, 0.29) is 5.97 Å². The highest BCUT2D eigenvalue weighted by Crippen LogP contribution is 2.30. The summed E-state index contributed by atoms with van der Waals surface area (Å²) in [6.45, 7) is 7.88. The van der Waals surface area contributed by atoms with Crippen molar-refractivity contribution in [2.45, 2.75) is 33.1 Å². The molecule has 0 spiro atoms. The summed E-state index contributed by atoms with van der Waals surface area (Å²) >= 11 is 1.49. The SMILES string of the molecule is CCOC(=O)C(C)(C)c1csc(Nc2ccccc2C)n1. The third kappa shape index (κ3) is 3.42. The van der Waals surface area contributed by atoms with Crippen molar-refractivity contribution in [1.82, 2.24) is 4.98 Å². The molecule has 0 saturated carbocycles. The Bertz CT molecular complexity index is 635. The number of thiazole rings is 1. The molecule has 2 aromatic rings. The minimum Gasteiger partial charge on any atom is -0.465 e. The Kier molecular flexibility index (Phi) is 4.63. The average Bonchev–Trinajstić information content (AvgIpc) is 2.91. The van der Waals surface area contributed by atoms with Gasteiger partial charge >= 0.3 is 5.97 Å². The van der Waals surface area contributed by atoms with Gasteiger partial charge in [0.2, 0.25) is 0 Å². The normalized spacial score (nSPS) is 11.2. The van der Waals surface area contributed by atoms with Crippen LogP contribution in [0.4, 0.5) is 10.8 Å². The lowest BCUT2D eigenvalue weighted by Crippen LogP contribution is -2.31. The lowest BCUT2D eigenvalue weighted by Gasteiger charge is -2.19. The van der Waals surface area contributed by atoms with Crippen LogP contribution in [-0.4, -0.2) is 17.6 Å². The Hall–Kier alpha value is -1.88. The van der Waals surface area contributed by atoms with Gasteiger partial charge in [0.05, 0.1) is 12.3 Å². The molecule has 0 aliphatic carbocycles. The molecular formula is C16H20N2O2S. The summed E-state index contributed by atoms with van der Waals surface area (Å²) in [5.41, 5.74) is 2.16. The minimum atomic E-state index is -0.738. The highest BCUT2D eigenvalue weighted by molar-refractivity contribution is 7.13. The summed E-state index contributed by atoms with van der Waals surface area (Å²) in [6, 6.07) is 8.02. The molecule has 0 radical (unpaired) electrons. The van der Waals surface area contributed by atoms with Crippen LogP contribution in [-0.2, 0) is 14.9 Å². The molecule has 1 heterocycles. The number of rotatable bonds is 5. The number of carbonyl (C=O) groups excluding carboxylic acids is 1. The number of aromatic nitrogens is 1. The van der Waals surface area contributed by atoms with E-state index in [1.807, 2.05) is 50.4 Å². The monoisotopic (exact) mass is 304 g/mol. The van der Waals surface area contributed by atoms with Gasteiger partial charge in [-0.2, -0.15) is 0 Å². The number of carbonyl (C=O) groups is 1. The van der Waals surface area contributed by atoms with Gasteiger partial charge in [0.15, 0.2) is 5.13 Å². The van der Waals surface area contributed by atoms with Crippen molar-refractivity contribution in [2.24, 2.45) is 0 Å². The van der Waals surface area contributed by atoms with E-state index in [9.17, 15) is 4.79 Å². The Morgan fingerprint density at radius 1 is 1.38 bits per heavy atom. The highest BCUT2D eigenvalue weighted by Gasteiger charge is 2.33. The van der Waals surface area contributed by atoms with Crippen molar-refractivity contribution < 1.29 is 9.53 Å². The van der Waals surface area contributed by atoms with Crippen LogP contribution in [0.3, 0.4) is 0 Å². The number of anilines is 2. The van der Waals surface area contributed by atoms with Gasteiger partial charge < -0.3 is 10.1 Å². The van der Waals surface area contributed by atoms with Crippen LogP contribution in [0.15, 0.2) is 29.6 Å². The summed E-state index contributed by atoms with van der Waals surface area (Å²) < 4.78 is 5.11. The summed E-state index contributed by atoms with van der Waals surface area (Å²) in [6.07, 6.45) is 0. The molecule has 1 aromatic carbocycles. The van der Waals surface area contributed by atoms with E-state index in [4.69, 9.17) is 4.74 Å². The number of nitrogens with zero attached hydrogens (tertiary/aromatic N) is 1. The smallest absolute Gasteiger partial charge is 0.317 e. The average molecular weight is 304 g/mol. The van der Waals surface area contributed by atoms with Gasteiger partial charge in [-0.3, -0.25) is 4.79 Å². The molecule has 5 heteroatoms. The van der Waals surface area contributed by atoms with Crippen molar-refractivity contribution in [2.75, 3.05) is 11.9 Å². The number of esters is 1. The largest absolute Gasteiger partial charge is 0.465 e.